The number of pyridine rings is 1. The Kier molecular flexibility index (Phi) is 6.22. The molecular formula is C26H21F3NO3-. The van der Waals surface area contributed by atoms with Gasteiger partial charge >= 0.3 is 6.18 Å². The van der Waals surface area contributed by atoms with Crippen LogP contribution in [0.3, 0.4) is 0 Å². The minimum absolute atomic E-state index is 0.00652. The van der Waals surface area contributed by atoms with Gasteiger partial charge in [0, 0.05) is 5.56 Å². The average Bonchev–Trinajstić information content (AvgIpc) is 3.28. The maximum absolute atomic E-state index is 13.4. The van der Waals surface area contributed by atoms with Crippen LogP contribution >= 0.6 is 0 Å². The predicted molar refractivity (Wildman–Crippen MR) is 116 cm³/mol. The molecule has 1 heterocycles. The summed E-state index contributed by atoms with van der Waals surface area (Å²) in [5.74, 6) is -1.13. The van der Waals surface area contributed by atoms with E-state index in [1.165, 1.54) is 0 Å². The van der Waals surface area contributed by atoms with Crippen LogP contribution in [0.5, 0.6) is 5.75 Å². The number of nitrogens with zero attached hydrogens (tertiary/aromatic N) is 1. The minimum Gasteiger partial charge on any atom is -0.543 e. The lowest BCUT2D eigenvalue weighted by atomic mass is 9.96. The van der Waals surface area contributed by atoms with Gasteiger partial charge in [-0.2, -0.15) is 13.2 Å². The van der Waals surface area contributed by atoms with Crippen molar-refractivity contribution in [2.45, 2.75) is 39.0 Å². The van der Waals surface area contributed by atoms with Crippen molar-refractivity contribution < 1.29 is 27.8 Å². The van der Waals surface area contributed by atoms with E-state index in [2.05, 4.69) is 4.98 Å². The van der Waals surface area contributed by atoms with Crippen LogP contribution in [0.1, 0.15) is 57.7 Å². The number of aromatic carboxylic acids is 1. The second-order valence-corrected chi connectivity index (χ2v) is 8.00. The number of carboxylic acids is 1. The third-order valence-electron chi connectivity index (χ3n) is 5.59. The molecule has 7 heteroatoms. The number of allylic oxidation sites excluding steroid dienone is 2. The summed E-state index contributed by atoms with van der Waals surface area (Å²) in [6, 6.07) is 16.8. The number of alkyl halides is 3. The van der Waals surface area contributed by atoms with Gasteiger partial charge in [-0.05, 0) is 67.2 Å². The third-order valence-corrected chi connectivity index (χ3v) is 5.59. The van der Waals surface area contributed by atoms with Crippen LogP contribution in [0.2, 0.25) is 0 Å². The van der Waals surface area contributed by atoms with E-state index in [-0.39, 0.29) is 5.69 Å². The van der Waals surface area contributed by atoms with Gasteiger partial charge < -0.3 is 14.6 Å². The summed E-state index contributed by atoms with van der Waals surface area (Å²) in [6.07, 6.45) is -2.87. The molecule has 0 unspecified atom stereocenters. The molecule has 0 saturated carbocycles. The van der Waals surface area contributed by atoms with Gasteiger partial charge in [-0.15, -0.1) is 0 Å². The number of rotatable bonds is 6. The third kappa shape index (κ3) is 5.08. The molecular weight excluding hydrogens is 431 g/mol. The maximum Gasteiger partial charge on any atom is 0.416 e. The van der Waals surface area contributed by atoms with E-state index in [9.17, 15) is 23.1 Å². The van der Waals surface area contributed by atoms with Crippen LogP contribution in [-0.2, 0) is 12.8 Å². The molecule has 0 bridgehead atoms. The van der Waals surface area contributed by atoms with E-state index >= 15 is 0 Å². The zero-order valence-electron chi connectivity index (χ0n) is 17.9. The van der Waals surface area contributed by atoms with Crippen LogP contribution in [0, 0.1) is 6.92 Å². The molecule has 3 aromatic rings. The Morgan fingerprint density at radius 1 is 1.03 bits per heavy atom. The first kappa shape index (κ1) is 22.6. The highest BCUT2D eigenvalue weighted by atomic mass is 19.4. The molecule has 1 aromatic heterocycles. The molecule has 170 valence electrons. The van der Waals surface area contributed by atoms with Crippen molar-refractivity contribution in [3.63, 3.8) is 0 Å². The van der Waals surface area contributed by atoms with Crippen LogP contribution < -0.4 is 9.84 Å². The second kappa shape index (κ2) is 9.10. The number of carboxylic acid groups (broad SMARTS) is 1. The number of carbonyl (C=O) groups excluding carboxylic acids is 1. The molecule has 1 aliphatic rings. The number of ether oxygens (including phenoxy) is 1. The van der Waals surface area contributed by atoms with Gasteiger partial charge in [0.05, 0.1) is 22.9 Å². The lowest BCUT2D eigenvalue weighted by Crippen LogP contribution is -2.25. The van der Waals surface area contributed by atoms with Gasteiger partial charge in [-0.3, -0.25) is 0 Å². The first-order valence-electron chi connectivity index (χ1n) is 10.5. The molecule has 33 heavy (non-hydrogen) atoms. The fraction of sp³-hybridized carbons (Fsp3) is 0.231. The first-order chi connectivity index (χ1) is 15.7. The van der Waals surface area contributed by atoms with Gasteiger partial charge in [0.1, 0.15) is 12.4 Å². The lowest BCUT2D eigenvalue weighted by molar-refractivity contribution is -0.255. The quantitative estimate of drug-likeness (QED) is 0.499. The molecule has 2 aromatic carbocycles. The normalized spacial score (nSPS) is 13.9. The van der Waals surface area contributed by atoms with Crippen molar-refractivity contribution in [2.75, 3.05) is 0 Å². The average molecular weight is 452 g/mol. The van der Waals surface area contributed by atoms with Gasteiger partial charge in [0.2, 0.25) is 0 Å². The van der Waals surface area contributed by atoms with E-state index < -0.39 is 23.4 Å². The lowest BCUT2D eigenvalue weighted by Gasteiger charge is -2.17. The highest BCUT2D eigenvalue weighted by Gasteiger charge is 2.33. The number of carbonyl (C=O) groups is 1. The maximum atomic E-state index is 13.4. The smallest absolute Gasteiger partial charge is 0.416 e. The number of benzene rings is 2. The molecule has 0 radical (unpaired) electrons. The molecule has 0 saturated heterocycles. The number of hydrogen-bond donors (Lipinski definition) is 0. The fourth-order valence-electron chi connectivity index (χ4n) is 4.02. The summed E-state index contributed by atoms with van der Waals surface area (Å²) in [5, 5.41) is 11.3. The SMILES string of the molecule is Cc1ccc(OCc2ccccc2)c(C2=C(c3cc(C(F)(F)F)cc(C(=O)[O-])n3)CCC2)c1. The number of hydrogen-bond acceptors (Lipinski definition) is 4. The van der Waals surface area contributed by atoms with Crippen molar-refractivity contribution in [1.82, 2.24) is 4.98 Å². The summed E-state index contributed by atoms with van der Waals surface area (Å²) in [7, 11) is 0. The van der Waals surface area contributed by atoms with E-state index in [4.69, 9.17) is 4.74 Å². The van der Waals surface area contributed by atoms with Crippen molar-refractivity contribution in [3.8, 4) is 5.75 Å². The summed E-state index contributed by atoms with van der Waals surface area (Å²) in [6.45, 7) is 2.27. The Labute approximate surface area is 189 Å². The Hall–Kier alpha value is -3.61. The molecule has 0 fully saturated rings. The van der Waals surface area contributed by atoms with E-state index in [1.807, 2.05) is 55.5 Å². The summed E-state index contributed by atoms with van der Waals surface area (Å²) in [5.41, 5.74) is 2.38. The Morgan fingerprint density at radius 3 is 2.45 bits per heavy atom. The van der Waals surface area contributed by atoms with Gasteiger partial charge in [0.15, 0.2) is 0 Å². The molecule has 0 spiro atoms. The minimum atomic E-state index is -4.70. The van der Waals surface area contributed by atoms with E-state index in [1.54, 1.807) is 0 Å². The molecule has 0 aliphatic heterocycles. The van der Waals surface area contributed by atoms with Gasteiger partial charge in [0.25, 0.3) is 0 Å². The molecule has 1 aliphatic carbocycles. The Bertz CT molecular complexity index is 1220. The number of aromatic nitrogens is 1. The largest absolute Gasteiger partial charge is 0.543 e. The number of halogens is 3. The highest BCUT2D eigenvalue weighted by Crippen LogP contribution is 2.43. The highest BCUT2D eigenvalue weighted by molar-refractivity contribution is 5.94. The monoisotopic (exact) mass is 452 g/mol. The van der Waals surface area contributed by atoms with E-state index in [0.717, 1.165) is 34.8 Å². The molecule has 4 rings (SSSR count). The molecule has 0 atom stereocenters. The Balaban J connectivity index is 1.79. The first-order valence-corrected chi connectivity index (χ1v) is 10.5. The predicted octanol–water partition coefficient (Wildman–Crippen LogP) is 5.45. The summed E-state index contributed by atoms with van der Waals surface area (Å²) in [4.78, 5) is 15.3. The van der Waals surface area contributed by atoms with Crippen molar-refractivity contribution in [1.29, 1.82) is 0 Å². The summed E-state index contributed by atoms with van der Waals surface area (Å²) < 4.78 is 46.3. The second-order valence-electron chi connectivity index (χ2n) is 8.00. The topological polar surface area (TPSA) is 62.2 Å². The zero-order chi connectivity index (χ0) is 23.6. The van der Waals surface area contributed by atoms with Gasteiger partial charge in [-0.25, -0.2) is 4.98 Å². The van der Waals surface area contributed by atoms with Crippen molar-refractivity contribution in [2.24, 2.45) is 0 Å². The van der Waals surface area contributed by atoms with Crippen LogP contribution in [0.15, 0.2) is 60.7 Å². The molecule has 0 N–H and O–H groups in total. The molecule has 4 nitrogen and oxygen atoms in total. The standard InChI is InChI=1S/C26H22F3NO3/c1-16-10-11-24(33-15-17-6-3-2-4-7-17)21(12-16)19-8-5-9-20(19)22-13-18(26(27,28)29)14-23(30-22)25(31)32/h2-4,6-7,10-14H,5,8-9,15H2,1H3,(H,31,32)/p-1. The Morgan fingerprint density at radius 2 is 1.76 bits per heavy atom. The van der Waals surface area contributed by atoms with E-state index in [0.29, 0.717) is 36.8 Å². The van der Waals surface area contributed by atoms with Crippen molar-refractivity contribution >= 4 is 17.1 Å². The summed E-state index contributed by atoms with van der Waals surface area (Å²) >= 11 is 0. The van der Waals surface area contributed by atoms with Crippen LogP contribution in [-0.4, -0.2) is 11.0 Å². The van der Waals surface area contributed by atoms with Crippen molar-refractivity contribution in [3.05, 3.63) is 94.3 Å². The zero-order valence-corrected chi connectivity index (χ0v) is 17.9. The molecule has 0 amide bonds. The van der Waals surface area contributed by atoms with Gasteiger partial charge in [-0.1, -0.05) is 42.0 Å². The number of aryl methyl sites for hydroxylation is 1. The fourth-order valence-corrected chi connectivity index (χ4v) is 4.02. The van der Waals surface area contributed by atoms with Crippen LogP contribution in [0.25, 0.3) is 11.1 Å². The van der Waals surface area contributed by atoms with Crippen LogP contribution in [0.4, 0.5) is 13.2 Å².